The van der Waals surface area contributed by atoms with Gasteiger partial charge in [-0.3, -0.25) is 9.71 Å². The first-order valence-corrected chi connectivity index (χ1v) is 10.8. The maximum Gasteiger partial charge on any atom is 0.232 e. The molecule has 0 aliphatic heterocycles. The summed E-state index contributed by atoms with van der Waals surface area (Å²) in [5.41, 5.74) is 2.94. The summed E-state index contributed by atoms with van der Waals surface area (Å²) in [6.07, 6.45) is 3.05. The topological polar surface area (TPSA) is 96.9 Å². The number of sulfonamides is 1. The van der Waals surface area contributed by atoms with Gasteiger partial charge in [-0.1, -0.05) is 19.9 Å². The van der Waals surface area contributed by atoms with Crippen LogP contribution in [0.1, 0.15) is 26.0 Å². The van der Waals surface area contributed by atoms with Crippen molar-refractivity contribution in [3.05, 3.63) is 60.4 Å². The molecule has 0 fully saturated rings. The van der Waals surface area contributed by atoms with Gasteiger partial charge in [0.2, 0.25) is 10.0 Å². The van der Waals surface area contributed by atoms with E-state index in [1.54, 1.807) is 30.5 Å². The molecule has 0 bridgehead atoms. The fourth-order valence-electron chi connectivity index (χ4n) is 2.62. The number of aromatic nitrogens is 3. The van der Waals surface area contributed by atoms with Crippen LogP contribution in [0.25, 0.3) is 11.5 Å². The first kappa shape index (κ1) is 19.8. The molecule has 0 saturated carbocycles. The zero-order chi connectivity index (χ0) is 20.0. The van der Waals surface area contributed by atoms with Gasteiger partial charge in [0.25, 0.3) is 0 Å². The van der Waals surface area contributed by atoms with Crippen molar-refractivity contribution in [1.82, 2.24) is 15.0 Å². The number of rotatable bonds is 8. The van der Waals surface area contributed by atoms with Crippen molar-refractivity contribution in [1.29, 1.82) is 0 Å². The normalized spacial score (nSPS) is 11.2. The Morgan fingerprint density at radius 1 is 0.964 bits per heavy atom. The average molecular weight is 398 g/mol. The van der Waals surface area contributed by atoms with Crippen molar-refractivity contribution in [2.45, 2.75) is 26.7 Å². The van der Waals surface area contributed by atoms with E-state index < -0.39 is 10.0 Å². The van der Waals surface area contributed by atoms with E-state index in [1.807, 2.05) is 38.1 Å². The predicted octanol–water partition coefficient (Wildman–Crippen LogP) is 4.00. The Morgan fingerprint density at radius 2 is 1.71 bits per heavy atom. The molecule has 0 aliphatic rings. The highest BCUT2D eigenvalue weighted by molar-refractivity contribution is 7.92. The molecule has 0 saturated heterocycles. The maximum atomic E-state index is 11.9. The minimum atomic E-state index is -3.30. The Balaban J connectivity index is 1.80. The van der Waals surface area contributed by atoms with E-state index in [2.05, 4.69) is 25.0 Å². The Morgan fingerprint density at radius 3 is 2.36 bits per heavy atom. The monoisotopic (exact) mass is 397 g/mol. The fourth-order valence-corrected chi connectivity index (χ4v) is 3.76. The summed E-state index contributed by atoms with van der Waals surface area (Å²) in [5, 5.41) is 3.25. The third-order valence-corrected chi connectivity index (χ3v) is 5.43. The lowest BCUT2D eigenvalue weighted by atomic mass is 10.2. The highest BCUT2D eigenvalue weighted by atomic mass is 32.2. The smallest absolute Gasteiger partial charge is 0.232 e. The molecule has 0 amide bonds. The van der Waals surface area contributed by atoms with Crippen LogP contribution in [0.3, 0.4) is 0 Å². The number of nitrogens with one attached hydrogen (secondary N) is 2. The number of anilines is 3. The Kier molecular flexibility index (Phi) is 6.20. The lowest BCUT2D eigenvalue weighted by Gasteiger charge is -2.11. The number of nitrogens with zero attached hydrogens (tertiary/aromatic N) is 3. The van der Waals surface area contributed by atoms with Crippen molar-refractivity contribution in [3.8, 4) is 11.5 Å². The standard InChI is InChI=1S/C20H23N5O2S/c1-3-13-28(26,27)25-17-10-8-16(9-11-17)22-19-14-15(4-2)23-20(24-19)18-7-5-6-12-21-18/h5-12,14,25H,3-4,13H2,1-2H3,(H,22,23,24). The van der Waals surface area contributed by atoms with Crippen LogP contribution in [0.2, 0.25) is 0 Å². The van der Waals surface area contributed by atoms with Gasteiger partial charge < -0.3 is 5.32 Å². The molecule has 7 nitrogen and oxygen atoms in total. The second-order valence-electron chi connectivity index (χ2n) is 6.26. The lowest BCUT2D eigenvalue weighted by Crippen LogP contribution is -2.15. The molecular formula is C20H23N5O2S. The molecule has 3 aromatic rings. The van der Waals surface area contributed by atoms with Gasteiger partial charge in [-0.15, -0.1) is 0 Å². The van der Waals surface area contributed by atoms with E-state index in [9.17, 15) is 8.42 Å². The van der Waals surface area contributed by atoms with Crippen molar-refractivity contribution < 1.29 is 8.42 Å². The first-order chi connectivity index (χ1) is 13.5. The SMILES string of the molecule is CCCS(=O)(=O)Nc1ccc(Nc2cc(CC)nc(-c3ccccn3)n2)cc1. The van der Waals surface area contributed by atoms with Gasteiger partial charge in [0.1, 0.15) is 11.5 Å². The van der Waals surface area contributed by atoms with Crippen molar-refractivity contribution in [3.63, 3.8) is 0 Å². The minimum absolute atomic E-state index is 0.101. The predicted molar refractivity (Wildman–Crippen MR) is 112 cm³/mol. The average Bonchev–Trinajstić information content (AvgIpc) is 2.69. The third-order valence-electron chi connectivity index (χ3n) is 3.94. The van der Waals surface area contributed by atoms with Gasteiger partial charge in [-0.25, -0.2) is 18.4 Å². The van der Waals surface area contributed by atoms with E-state index in [1.165, 1.54) is 0 Å². The van der Waals surface area contributed by atoms with Crippen LogP contribution < -0.4 is 10.0 Å². The van der Waals surface area contributed by atoms with Crippen LogP contribution in [0, 0.1) is 0 Å². The molecule has 2 aromatic heterocycles. The highest BCUT2D eigenvalue weighted by Gasteiger charge is 2.10. The van der Waals surface area contributed by atoms with Gasteiger partial charge in [-0.2, -0.15) is 0 Å². The molecule has 28 heavy (non-hydrogen) atoms. The molecule has 2 N–H and O–H groups in total. The van der Waals surface area contributed by atoms with E-state index in [0.29, 0.717) is 29.4 Å². The Bertz CT molecular complexity index is 1020. The van der Waals surface area contributed by atoms with Crippen LogP contribution >= 0.6 is 0 Å². The summed E-state index contributed by atoms with van der Waals surface area (Å²) in [7, 11) is -3.30. The fraction of sp³-hybridized carbons (Fsp3) is 0.250. The molecule has 1 aromatic carbocycles. The molecule has 0 spiro atoms. The molecule has 0 radical (unpaired) electrons. The van der Waals surface area contributed by atoms with Crippen LogP contribution in [0.5, 0.6) is 0 Å². The summed E-state index contributed by atoms with van der Waals surface area (Å²) < 4.78 is 26.3. The molecular weight excluding hydrogens is 374 g/mol. The Labute approximate surface area is 165 Å². The van der Waals surface area contributed by atoms with Gasteiger partial charge >= 0.3 is 0 Å². The number of hydrogen-bond donors (Lipinski definition) is 2. The van der Waals surface area contributed by atoms with E-state index in [-0.39, 0.29) is 5.75 Å². The number of aryl methyl sites for hydroxylation is 1. The first-order valence-electron chi connectivity index (χ1n) is 9.16. The number of pyridine rings is 1. The van der Waals surface area contributed by atoms with E-state index in [4.69, 9.17) is 0 Å². The van der Waals surface area contributed by atoms with Crippen LogP contribution in [-0.4, -0.2) is 29.1 Å². The minimum Gasteiger partial charge on any atom is -0.340 e. The zero-order valence-electron chi connectivity index (χ0n) is 15.9. The molecule has 3 rings (SSSR count). The Hall–Kier alpha value is -3.00. The maximum absolute atomic E-state index is 11.9. The van der Waals surface area contributed by atoms with E-state index >= 15 is 0 Å². The quantitative estimate of drug-likeness (QED) is 0.596. The van der Waals surface area contributed by atoms with Crippen LogP contribution in [0.15, 0.2) is 54.7 Å². The lowest BCUT2D eigenvalue weighted by molar-refractivity contribution is 0.600. The highest BCUT2D eigenvalue weighted by Crippen LogP contribution is 2.21. The van der Waals surface area contributed by atoms with Gasteiger partial charge in [0.05, 0.1) is 5.75 Å². The number of hydrogen-bond acceptors (Lipinski definition) is 6. The summed E-state index contributed by atoms with van der Waals surface area (Å²) >= 11 is 0. The largest absolute Gasteiger partial charge is 0.340 e. The molecule has 0 unspecified atom stereocenters. The molecule has 0 atom stereocenters. The second-order valence-corrected chi connectivity index (χ2v) is 8.10. The molecule has 146 valence electrons. The molecule has 0 aliphatic carbocycles. The summed E-state index contributed by atoms with van der Waals surface area (Å²) in [5.74, 6) is 1.32. The summed E-state index contributed by atoms with van der Waals surface area (Å²) in [6, 6.07) is 14.6. The van der Waals surface area contributed by atoms with Crippen LogP contribution in [0.4, 0.5) is 17.2 Å². The summed E-state index contributed by atoms with van der Waals surface area (Å²) in [4.78, 5) is 13.4. The van der Waals surface area contributed by atoms with Crippen molar-refractivity contribution in [2.75, 3.05) is 15.8 Å². The van der Waals surface area contributed by atoms with Gasteiger partial charge in [0.15, 0.2) is 5.82 Å². The van der Waals surface area contributed by atoms with E-state index in [0.717, 1.165) is 17.8 Å². The van der Waals surface area contributed by atoms with Crippen molar-refractivity contribution >= 4 is 27.2 Å². The van der Waals surface area contributed by atoms with Gasteiger partial charge in [0, 0.05) is 29.3 Å². The summed E-state index contributed by atoms with van der Waals surface area (Å²) in [6.45, 7) is 3.86. The number of benzene rings is 1. The second kappa shape index (κ2) is 8.79. The zero-order valence-corrected chi connectivity index (χ0v) is 16.7. The van der Waals surface area contributed by atoms with Gasteiger partial charge in [-0.05, 0) is 49.2 Å². The van der Waals surface area contributed by atoms with Crippen molar-refractivity contribution in [2.24, 2.45) is 0 Å². The third kappa shape index (κ3) is 5.26. The molecule has 2 heterocycles. The molecule has 8 heteroatoms. The van der Waals surface area contributed by atoms with Crippen LogP contribution in [-0.2, 0) is 16.4 Å².